The average Bonchev–Trinajstić information content (AvgIpc) is 2.74. The lowest BCUT2D eigenvalue weighted by atomic mass is 9.97. The number of aromatic carboxylic acids is 1. The van der Waals surface area contributed by atoms with Crippen LogP contribution in [0.15, 0.2) is 47.4 Å². The zero-order chi connectivity index (χ0) is 22.6. The summed E-state index contributed by atoms with van der Waals surface area (Å²) in [6, 6.07) is 11.0. The normalized spacial score (nSPS) is 16.6. The minimum atomic E-state index is -3.95. The van der Waals surface area contributed by atoms with Gasteiger partial charge in [0.25, 0.3) is 10.0 Å². The lowest BCUT2D eigenvalue weighted by Crippen LogP contribution is -2.39. The van der Waals surface area contributed by atoms with E-state index in [1.807, 2.05) is 4.90 Å². The highest BCUT2D eigenvalue weighted by Gasteiger charge is 2.28. The lowest BCUT2D eigenvalue weighted by Gasteiger charge is -2.33. The highest BCUT2D eigenvalue weighted by atomic mass is 32.2. The molecule has 9 heteroatoms. The van der Waals surface area contributed by atoms with Gasteiger partial charge in [-0.1, -0.05) is 18.2 Å². The van der Waals surface area contributed by atoms with Crippen molar-refractivity contribution in [3.8, 4) is 0 Å². The second-order valence-electron chi connectivity index (χ2n) is 7.44. The predicted molar refractivity (Wildman–Crippen MR) is 117 cm³/mol. The van der Waals surface area contributed by atoms with E-state index in [1.54, 1.807) is 38.1 Å². The molecule has 8 nitrogen and oxygen atoms in total. The van der Waals surface area contributed by atoms with Crippen molar-refractivity contribution in [2.24, 2.45) is 5.92 Å². The predicted octanol–water partition coefficient (Wildman–Crippen LogP) is 3.27. The van der Waals surface area contributed by atoms with Crippen molar-refractivity contribution in [3.05, 3.63) is 53.6 Å². The summed E-state index contributed by atoms with van der Waals surface area (Å²) in [5.41, 5.74) is 0.999. The molecule has 0 radical (unpaired) electrons. The van der Waals surface area contributed by atoms with Crippen LogP contribution in [0.5, 0.6) is 0 Å². The second-order valence-corrected chi connectivity index (χ2v) is 9.09. The number of carboxylic acid groups (broad SMARTS) is 1. The zero-order valence-corrected chi connectivity index (χ0v) is 18.3. The topological polar surface area (TPSA) is 113 Å². The molecule has 1 aliphatic heterocycles. The van der Waals surface area contributed by atoms with Crippen LogP contribution in [0.25, 0.3) is 0 Å². The number of carbonyl (C=O) groups is 2. The van der Waals surface area contributed by atoms with E-state index in [1.165, 1.54) is 18.2 Å². The number of carboxylic acids is 1. The average molecular weight is 447 g/mol. The summed E-state index contributed by atoms with van der Waals surface area (Å²) in [5.74, 6) is -1.78. The van der Waals surface area contributed by atoms with Gasteiger partial charge in [0.05, 0.1) is 28.7 Å². The number of benzene rings is 2. The van der Waals surface area contributed by atoms with Crippen LogP contribution in [-0.4, -0.2) is 45.2 Å². The molecular formula is C22H26N2O6S. The molecule has 31 heavy (non-hydrogen) atoms. The third-order valence-corrected chi connectivity index (χ3v) is 6.79. The molecule has 0 amide bonds. The number of anilines is 2. The van der Waals surface area contributed by atoms with E-state index in [9.17, 15) is 23.1 Å². The van der Waals surface area contributed by atoms with Crippen molar-refractivity contribution in [2.75, 3.05) is 29.3 Å². The minimum absolute atomic E-state index is 0.0153. The monoisotopic (exact) mass is 446 g/mol. The molecule has 166 valence electrons. The standard InChI is InChI=1S/C22H26N2O6S/c1-3-30-22(27)16-8-6-12-24(14-16)17-10-11-19(18(13-17)21(25)26)23-31(28,29)20-9-5-4-7-15(20)2/h4-5,7,9-11,13,16,23H,3,6,8,12,14H2,1-2H3,(H,25,26)/t16-/m0/s1. The number of rotatable bonds is 7. The van der Waals surface area contributed by atoms with E-state index in [0.717, 1.165) is 12.8 Å². The van der Waals surface area contributed by atoms with Gasteiger partial charge in [0.15, 0.2) is 0 Å². The number of carbonyl (C=O) groups excluding carboxylic acids is 1. The Balaban J connectivity index is 1.87. The Morgan fingerprint density at radius 1 is 1.23 bits per heavy atom. The smallest absolute Gasteiger partial charge is 0.337 e. The summed E-state index contributed by atoms with van der Waals surface area (Å²) >= 11 is 0. The lowest BCUT2D eigenvalue weighted by molar-refractivity contribution is -0.148. The molecule has 1 fully saturated rings. The number of sulfonamides is 1. The molecule has 3 rings (SSSR count). The van der Waals surface area contributed by atoms with Gasteiger partial charge in [-0.15, -0.1) is 0 Å². The maximum atomic E-state index is 12.8. The van der Waals surface area contributed by atoms with Crippen LogP contribution in [0.4, 0.5) is 11.4 Å². The largest absolute Gasteiger partial charge is 0.478 e. The van der Waals surface area contributed by atoms with Crippen LogP contribution in [0, 0.1) is 12.8 Å². The fourth-order valence-electron chi connectivity index (χ4n) is 3.72. The van der Waals surface area contributed by atoms with E-state index in [-0.39, 0.29) is 28.0 Å². The fourth-order valence-corrected chi connectivity index (χ4v) is 5.04. The second kappa shape index (κ2) is 9.38. The van der Waals surface area contributed by atoms with E-state index < -0.39 is 16.0 Å². The van der Waals surface area contributed by atoms with Gasteiger partial charge in [-0.05, 0) is 56.5 Å². The van der Waals surface area contributed by atoms with Gasteiger partial charge < -0.3 is 14.7 Å². The van der Waals surface area contributed by atoms with E-state index in [2.05, 4.69) is 4.72 Å². The number of esters is 1. The van der Waals surface area contributed by atoms with Gasteiger partial charge in [-0.25, -0.2) is 13.2 Å². The highest BCUT2D eigenvalue weighted by molar-refractivity contribution is 7.92. The number of hydrogen-bond donors (Lipinski definition) is 2. The number of hydrogen-bond acceptors (Lipinski definition) is 6. The molecule has 2 N–H and O–H groups in total. The van der Waals surface area contributed by atoms with E-state index in [0.29, 0.717) is 30.9 Å². The van der Waals surface area contributed by atoms with E-state index in [4.69, 9.17) is 4.74 Å². The Morgan fingerprint density at radius 3 is 2.65 bits per heavy atom. The molecular weight excluding hydrogens is 420 g/mol. The van der Waals surface area contributed by atoms with Crippen LogP contribution in [-0.2, 0) is 19.6 Å². The van der Waals surface area contributed by atoms with Crippen LogP contribution < -0.4 is 9.62 Å². The number of piperidine rings is 1. The number of nitrogens with zero attached hydrogens (tertiary/aromatic N) is 1. The summed E-state index contributed by atoms with van der Waals surface area (Å²) in [6.45, 7) is 4.84. The maximum Gasteiger partial charge on any atom is 0.337 e. The Bertz CT molecular complexity index is 1080. The van der Waals surface area contributed by atoms with Gasteiger partial charge in [-0.2, -0.15) is 0 Å². The van der Waals surface area contributed by atoms with Gasteiger partial charge in [0.1, 0.15) is 0 Å². The molecule has 1 atom stereocenters. The number of nitrogens with one attached hydrogen (secondary N) is 1. The molecule has 0 aromatic heterocycles. The van der Waals surface area contributed by atoms with Crippen molar-refractivity contribution in [1.29, 1.82) is 0 Å². The maximum absolute atomic E-state index is 12.8. The molecule has 1 saturated heterocycles. The molecule has 1 aliphatic rings. The first-order valence-electron chi connectivity index (χ1n) is 10.1. The fraction of sp³-hybridized carbons (Fsp3) is 0.364. The molecule has 2 aromatic carbocycles. The van der Waals surface area contributed by atoms with Crippen LogP contribution in [0.2, 0.25) is 0 Å². The zero-order valence-electron chi connectivity index (χ0n) is 17.5. The van der Waals surface area contributed by atoms with Crippen molar-refractivity contribution >= 4 is 33.3 Å². The molecule has 0 spiro atoms. The van der Waals surface area contributed by atoms with Crippen LogP contribution in [0.1, 0.15) is 35.7 Å². The molecule has 0 unspecified atom stereocenters. The molecule has 1 heterocycles. The third-order valence-electron chi connectivity index (χ3n) is 5.27. The van der Waals surface area contributed by atoms with Crippen molar-refractivity contribution in [3.63, 3.8) is 0 Å². The summed E-state index contributed by atoms with van der Waals surface area (Å²) in [7, 11) is -3.95. The van der Waals surface area contributed by atoms with E-state index >= 15 is 0 Å². The minimum Gasteiger partial charge on any atom is -0.478 e. The SMILES string of the molecule is CCOC(=O)[C@H]1CCCN(c2ccc(NS(=O)(=O)c3ccccc3C)c(C(=O)O)c2)C1. The first-order chi connectivity index (χ1) is 14.7. The first kappa shape index (κ1) is 22.6. The van der Waals surface area contributed by atoms with Crippen LogP contribution >= 0.6 is 0 Å². The first-order valence-corrected chi connectivity index (χ1v) is 11.6. The Morgan fingerprint density at radius 2 is 1.97 bits per heavy atom. The van der Waals surface area contributed by atoms with Gasteiger partial charge in [-0.3, -0.25) is 9.52 Å². The summed E-state index contributed by atoms with van der Waals surface area (Å²) in [4.78, 5) is 26.0. The van der Waals surface area contributed by atoms with Gasteiger partial charge >= 0.3 is 11.9 Å². The van der Waals surface area contributed by atoms with Crippen molar-refractivity contribution in [2.45, 2.75) is 31.6 Å². The Kier molecular flexibility index (Phi) is 6.84. The number of ether oxygens (including phenoxy) is 1. The van der Waals surface area contributed by atoms with Crippen LogP contribution in [0.3, 0.4) is 0 Å². The molecule has 0 saturated carbocycles. The Hall–Kier alpha value is -3.07. The molecule has 2 aromatic rings. The molecule has 0 aliphatic carbocycles. The molecule has 0 bridgehead atoms. The van der Waals surface area contributed by atoms with Gasteiger partial charge in [0.2, 0.25) is 0 Å². The van der Waals surface area contributed by atoms with Crippen molar-refractivity contribution < 1.29 is 27.9 Å². The summed E-state index contributed by atoms with van der Waals surface area (Å²) in [5, 5.41) is 9.69. The summed E-state index contributed by atoms with van der Waals surface area (Å²) in [6.07, 6.45) is 1.49. The Labute approximate surface area is 181 Å². The highest BCUT2D eigenvalue weighted by Crippen LogP contribution is 2.29. The van der Waals surface area contributed by atoms with Crippen molar-refractivity contribution in [1.82, 2.24) is 0 Å². The summed E-state index contributed by atoms with van der Waals surface area (Å²) < 4.78 is 33.1. The third kappa shape index (κ3) is 5.16. The van der Waals surface area contributed by atoms with Gasteiger partial charge in [0, 0.05) is 18.8 Å². The quantitative estimate of drug-likeness (QED) is 0.628. The number of aryl methyl sites for hydroxylation is 1.